The molecule has 0 spiro atoms. The Hall–Kier alpha value is -1.62. The summed E-state index contributed by atoms with van der Waals surface area (Å²) in [7, 11) is 2.00. The van der Waals surface area contributed by atoms with Crippen LogP contribution in [0.3, 0.4) is 0 Å². The van der Waals surface area contributed by atoms with Gasteiger partial charge in [0, 0.05) is 17.7 Å². The van der Waals surface area contributed by atoms with Gasteiger partial charge in [0.15, 0.2) is 0 Å². The highest BCUT2D eigenvalue weighted by Gasteiger charge is 2.07. The van der Waals surface area contributed by atoms with E-state index in [1.807, 2.05) is 45.2 Å². The van der Waals surface area contributed by atoms with Gasteiger partial charge in [0.05, 0.1) is 17.9 Å². The van der Waals surface area contributed by atoms with Crippen molar-refractivity contribution in [2.24, 2.45) is 0 Å². The van der Waals surface area contributed by atoms with Crippen molar-refractivity contribution in [1.82, 2.24) is 9.97 Å². The lowest BCUT2D eigenvalue weighted by Crippen LogP contribution is -2.25. The Labute approximate surface area is 127 Å². The summed E-state index contributed by atoms with van der Waals surface area (Å²) in [6.07, 6.45) is 1.78. The fraction of sp³-hybridized carbons (Fsp3) is 0.333. The summed E-state index contributed by atoms with van der Waals surface area (Å²) in [5, 5.41) is 0. The molecule has 0 unspecified atom stereocenters. The maximum atomic E-state index is 5.71. The number of hydrogen-bond donors (Lipinski definition) is 0. The number of ether oxygens (including phenoxy) is 1. The number of hydrogen-bond acceptors (Lipinski definition) is 4. The van der Waals surface area contributed by atoms with Crippen LogP contribution in [0.2, 0.25) is 0 Å². The van der Waals surface area contributed by atoms with Crippen LogP contribution in [0.25, 0.3) is 0 Å². The highest BCUT2D eigenvalue weighted by Crippen LogP contribution is 2.17. The van der Waals surface area contributed by atoms with Crippen molar-refractivity contribution in [1.29, 1.82) is 0 Å². The maximum Gasteiger partial charge on any atom is 0.150 e. The summed E-state index contributed by atoms with van der Waals surface area (Å²) in [5.74, 6) is 1.78. The predicted molar refractivity (Wildman–Crippen MR) is 84.4 cm³/mol. The van der Waals surface area contributed by atoms with E-state index in [0.29, 0.717) is 6.61 Å². The van der Waals surface area contributed by atoms with Crippen molar-refractivity contribution in [2.45, 2.75) is 13.8 Å². The number of benzene rings is 1. The molecule has 0 aliphatic carbocycles. The molecule has 4 nitrogen and oxygen atoms in total. The number of nitrogens with zero attached hydrogens (tertiary/aromatic N) is 3. The molecule has 1 aromatic carbocycles. The van der Waals surface area contributed by atoms with Crippen LogP contribution >= 0.6 is 15.9 Å². The molecule has 1 aromatic heterocycles. The van der Waals surface area contributed by atoms with Gasteiger partial charge >= 0.3 is 0 Å². The van der Waals surface area contributed by atoms with Gasteiger partial charge in [0.1, 0.15) is 18.2 Å². The van der Waals surface area contributed by atoms with Crippen LogP contribution in [0.5, 0.6) is 5.75 Å². The Morgan fingerprint density at radius 3 is 2.60 bits per heavy atom. The van der Waals surface area contributed by atoms with E-state index in [9.17, 15) is 0 Å². The van der Waals surface area contributed by atoms with E-state index in [2.05, 4.69) is 30.8 Å². The molecule has 106 valence electrons. The summed E-state index contributed by atoms with van der Waals surface area (Å²) in [4.78, 5) is 10.9. The number of rotatable bonds is 5. The summed E-state index contributed by atoms with van der Waals surface area (Å²) < 4.78 is 6.76. The molecule has 0 saturated heterocycles. The van der Waals surface area contributed by atoms with Crippen LogP contribution in [0.15, 0.2) is 34.9 Å². The zero-order chi connectivity index (χ0) is 14.5. The fourth-order valence-corrected chi connectivity index (χ4v) is 2.09. The fourth-order valence-electron chi connectivity index (χ4n) is 1.82. The number of likely N-dealkylation sites (N-methyl/N-ethyl adjacent to an activating group) is 1. The van der Waals surface area contributed by atoms with Crippen molar-refractivity contribution in [3.05, 3.63) is 46.3 Å². The third-order valence-electron chi connectivity index (χ3n) is 2.92. The van der Waals surface area contributed by atoms with E-state index < -0.39 is 0 Å². The van der Waals surface area contributed by atoms with Crippen LogP contribution in [0.4, 0.5) is 5.82 Å². The molecular formula is C15H18BrN3O. The molecule has 1 heterocycles. The van der Waals surface area contributed by atoms with E-state index in [1.54, 1.807) is 6.20 Å². The molecule has 2 rings (SSSR count). The minimum atomic E-state index is 0.604. The number of halogens is 1. The van der Waals surface area contributed by atoms with Crippen LogP contribution in [0, 0.1) is 13.8 Å². The molecule has 2 aromatic rings. The third kappa shape index (κ3) is 3.93. The molecule has 0 amide bonds. The topological polar surface area (TPSA) is 38.2 Å². The van der Waals surface area contributed by atoms with Crippen LogP contribution < -0.4 is 9.64 Å². The molecule has 0 bridgehead atoms. The zero-order valence-corrected chi connectivity index (χ0v) is 13.5. The largest absolute Gasteiger partial charge is 0.492 e. The minimum Gasteiger partial charge on any atom is -0.492 e. The smallest absolute Gasteiger partial charge is 0.150 e. The van der Waals surface area contributed by atoms with Crippen LogP contribution in [-0.2, 0) is 0 Å². The quantitative estimate of drug-likeness (QED) is 0.839. The summed E-state index contributed by atoms with van der Waals surface area (Å²) >= 11 is 3.40. The first-order valence-electron chi connectivity index (χ1n) is 6.46. The molecule has 0 aliphatic heterocycles. The Morgan fingerprint density at radius 2 is 1.90 bits per heavy atom. The SMILES string of the molecule is Cc1cnc(C)c(N(C)CCOc2ccc(Br)cc2)n1. The summed E-state index contributed by atoms with van der Waals surface area (Å²) in [6.45, 7) is 5.28. The van der Waals surface area contributed by atoms with Gasteiger partial charge in [-0.25, -0.2) is 4.98 Å². The van der Waals surface area contributed by atoms with E-state index in [1.165, 1.54) is 0 Å². The lowest BCUT2D eigenvalue weighted by molar-refractivity contribution is 0.325. The van der Waals surface area contributed by atoms with Crippen LogP contribution in [0.1, 0.15) is 11.4 Å². The van der Waals surface area contributed by atoms with E-state index >= 15 is 0 Å². The molecule has 0 atom stereocenters. The highest BCUT2D eigenvalue weighted by atomic mass is 79.9. The minimum absolute atomic E-state index is 0.604. The van der Waals surface area contributed by atoms with Gasteiger partial charge in [0.25, 0.3) is 0 Å². The number of anilines is 1. The van der Waals surface area contributed by atoms with Gasteiger partial charge < -0.3 is 9.64 Å². The molecule has 20 heavy (non-hydrogen) atoms. The summed E-state index contributed by atoms with van der Waals surface area (Å²) in [5.41, 5.74) is 1.85. The predicted octanol–water partition coefficient (Wildman–Crippen LogP) is 3.37. The Balaban J connectivity index is 1.90. The van der Waals surface area contributed by atoms with E-state index in [-0.39, 0.29) is 0 Å². The van der Waals surface area contributed by atoms with E-state index in [0.717, 1.165) is 34.0 Å². The normalized spacial score (nSPS) is 10.4. The third-order valence-corrected chi connectivity index (χ3v) is 3.45. The van der Waals surface area contributed by atoms with Crippen molar-refractivity contribution < 1.29 is 4.74 Å². The molecule has 0 aliphatic rings. The lowest BCUT2D eigenvalue weighted by atomic mass is 10.3. The first-order valence-corrected chi connectivity index (χ1v) is 7.25. The maximum absolute atomic E-state index is 5.71. The standard InChI is InChI=1S/C15H18BrN3O/c1-11-10-17-12(2)15(18-11)19(3)8-9-20-14-6-4-13(16)5-7-14/h4-7,10H,8-9H2,1-3H3. The zero-order valence-electron chi connectivity index (χ0n) is 11.9. The van der Waals surface area contributed by atoms with E-state index in [4.69, 9.17) is 4.74 Å². The Morgan fingerprint density at radius 1 is 1.20 bits per heavy atom. The van der Waals surface area contributed by atoms with Gasteiger partial charge in [-0.15, -0.1) is 0 Å². The number of aromatic nitrogens is 2. The average Bonchev–Trinajstić information content (AvgIpc) is 2.43. The Kier molecular flexibility index (Phi) is 4.95. The van der Waals surface area contributed by atoms with Gasteiger partial charge in [-0.2, -0.15) is 0 Å². The van der Waals surface area contributed by atoms with Gasteiger partial charge in [-0.05, 0) is 38.1 Å². The Bertz CT molecular complexity index is 572. The van der Waals surface area contributed by atoms with Crippen molar-refractivity contribution in [3.8, 4) is 5.75 Å². The first kappa shape index (κ1) is 14.8. The van der Waals surface area contributed by atoms with Gasteiger partial charge in [0.2, 0.25) is 0 Å². The average molecular weight is 336 g/mol. The molecule has 0 saturated carbocycles. The van der Waals surface area contributed by atoms with Gasteiger partial charge in [-0.1, -0.05) is 15.9 Å². The second-order valence-electron chi connectivity index (χ2n) is 4.64. The monoisotopic (exact) mass is 335 g/mol. The van der Waals surface area contributed by atoms with Gasteiger partial charge in [-0.3, -0.25) is 4.98 Å². The molecular weight excluding hydrogens is 318 g/mol. The molecule has 0 N–H and O–H groups in total. The first-order chi connectivity index (χ1) is 9.56. The van der Waals surface area contributed by atoms with Crippen LogP contribution in [-0.4, -0.2) is 30.2 Å². The number of aryl methyl sites for hydroxylation is 2. The second-order valence-corrected chi connectivity index (χ2v) is 5.56. The molecule has 5 heteroatoms. The molecule has 0 fully saturated rings. The molecule has 0 radical (unpaired) electrons. The highest BCUT2D eigenvalue weighted by molar-refractivity contribution is 9.10. The van der Waals surface area contributed by atoms with Crippen molar-refractivity contribution in [3.63, 3.8) is 0 Å². The summed E-state index contributed by atoms with van der Waals surface area (Å²) in [6, 6.07) is 7.83. The second kappa shape index (κ2) is 6.70. The van der Waals surface area contributed by atoms with Crippen molar-refractivity contribution >= 4 is 21.7 Å². The lowest BCUT2D eigenvalue weighted by Gasteiger charge is -2.20. The van der Waals surface area contributed by atoms with Crippen molar-refractivity contribution in [2.75, 3.05) is 25.1 Å².